The Morgan fingerprint density at radius 2 is 1.71 bits per heavy atom. The minimum Gasteiger partial charge on any atom is -0.394 e. The maximum atomic E-state index is 12.6. The molecule has 0 saturated carbocycles. The summed E-state index contributed by atoms with van der Waals surface area (Å²) in [6.45, 7) is -0.270. The molecule has 2 fully saturated rings. The Morgan fingerprint density at radius 1 is 1.05 bits per heavy atom. The number of carbonyl (C=O) groups excluding carboxylic acids is 1. The lowest BCUT2D eigenvalue weighted by Crippen LogP contribution is -2.64. The molecular formula is C19H31N3O17P2. The molecule has 9 N–H and O–H groups in total. The van der Waals surface area contributed by atoms with Crippen LogP contribution in [0.3, 0.4) is 0 Å². The fourth-order valence-electron chi connectivity index (χ4n) is 4.01. The lowest BCUT2D eigenvalue weighted by atomic mass is 9.97. The van der Waals surface area contributed by atoms with E-state index in [0.29, 0.717) is 6.42 Å². The highest BCUT2D eigenvalue weighted by Crippen LogP contribution is 2.61. The maximum absolute atomic E-state index is 12.6. The van der Waals surface area contributed by atoms with E-state index in [0.717, 1.165) is 16.8 Å². The van der Waals surface area contributed by atoms with Gasteiger partial charge >= 0.3 is 21.3 Å². The van der Waals surface area contributed by atoms with Crippen molar-refractivity contribution >= 4 is 21.6 Å². The van der Waals surface area contributed by atoms with Crippen molar-refractivity contribution in [2.45, 2.75) is 74.9 Å². The molecule has 2 unspecified atom stereocenters. The summed E-state index contributed by atoms with van der Waals surface area (Å²) in [5.41, 5.74) is -1.75. The highest BCUT2D eigenvalue weighted by Gasteiger charge is 2.50. The van der Waals surface area contributed by atoms with Gasteiger partial charge in [0.15, 0.2) is 12.5 Å². The Bertz CT molecular complexity index is 1270. The molecule has 0 bridgehead atoms. The average molecular weight is 635 g/mol. The molecule has 1 aromatic rings. The van der Waals surface area contributed by atoms with Gasteiger partial charge in [0.25, 0.3) is 5.56 Å². The fourth-order valence-corrected chi connectivity index (χ4v) is 6.17. The highest BCUT2D eigenvalue weighted by atomic mass is 31.3. The second-order valence-corrected chi connectivity index (χ2v) is 12.0. The molecule has 11 atom stereocenters. The number of aromatic amines is 1. The van der Waals surface area contributed by atoms with E-state index in [9.17, 15) is 58.8 Å². The number of rotatable bonds is 12. The van der Waals surface area contributed by atoms with Crippen LogP contribution in [0.2, 0.25) is 0 Å². The standard InChI is InChI=1S/C19H31N3O17P2/c1-2-3-10(24)20-12-15(28)13(26)8(6-23)37-18(12)38-41(33,34)39-40(31,32)35-7-9-14(27)16(29)17(36-9)22-5-4-11(25)21-19(22)30/h4-5,8-9,12-18,23,26-29H,2-3,6-7H2,1H3,(H,20,24)(H,31,32)(H,33,34)(H,21,25,30)/t8-,9-,12-,13-,14-,15-,16-,17-,18-/m1/s1. The van der Waals surface area contributed by atoms with E-state index in [-0.39, 0.29) is 6.42 Å². The first-order valence-corrected chi connectivity index (χ1v) is 15.0. The van der Waals surface area contributed by atoms with E-state index in [1.54, 1.807) is 6.92 Å². The van der Waals surface area contributed by atoms with E-state index in [1.807, 2.05) is 4.98 Å². The molecule has 41 heavy (non-hydrogen) atoms. The molecule has 20 nitrogen and oxygen atoms in total. The normalized spacial score (nSPS) is 35.0. The fraction of sp³-hybridized carbons (Fsp3) is 0.737. The zero-order valence-electron chi connectivity index (χ0n) is 21.2. The van der Waals surface area contributed by atoms with Crippen molar-refractivity contribution < 1.29 is 72.1 Å². The number of carbonyl (C=O) groups is 1. The molecule has 1 amide bonds. The van der Waals surface area contributed by atoms with Gasteiger partial charge in [-0.3, -0.25) is 28.2 Å². The van der Waals surface area contributed by atoms with Gasteiger partial charge in [-0.25, -0.2) is 13.9 Å². The minimum absolute atomic E-state index is 0.0517. The smallest absolute Gasteiger partial charge is 0.394 e. The number of nitrogens with one attached hydrogen (secondary N) is 2. The number of aliphatic hydroxyl groups is 5. The zero-order valence-corrected chi connectivity index (χ0v) is 23.0. The van der Waals surface area contributed by atoms with Crippen LogP contribution in [0.1, 0.15) is 26.0 Å². The maximum Gasteiger partial charge on any atom is 0.483 e. The molecular weight excluding hydrogens is 604 g/mol. The number of aliphatic hydroxyl groups excluding tert-OH is 5. The highest BCUT2D eigenvalue weighted by molar-refractivity contribution is 7.61. The van der Waals surface area contributed by atoms with Gasteiger partial charge in [0.05, 0.1) is 13.2 Å². The average Bonchev–Trinajstić information content (AvgIpc) is 3.15. The first kappa shape index (κ1) is 33.6. The Labute approximate surface area is 230 Å². The van der Waals surface area contributed by atoms with Gasteiger partial charge < -0.3 is 50.1 Å². The van der Waals surface area contributed by atoms with Crippen molar-refractivity contribution in [3.05, 3.63) is 33.1 Å². The number of hydrogen-bond donors (Lipinski definition) is 9. The van der Waals surface area contributed by atoms with E-state index in [2.05, 4.69) is 14.2 Å². The van der Waals surface area contributed by atoms with Crippen LogP contribution in [0.5, 0.6) is 0 Å². The van der Waals surface area contributed by atoms with Crippen LogP contribution in [-0.2, 0) is 36.8 Å². The monoisotopic (exact) mass is 635 g/mol. The van der Waals surface area contributed by atoms with Crippen LogP contribution in [0.25, 0.3) is 0 Å². The number of amides is 1. The number of H-pyrrole nitrogens is 1. The first-order chi connectivity index (χ1) is 19.1. The van der Waals surface area contributed by atoms with E-state index >= 15 is 0 Å². The molecule has 2 aliphatic rings. The first-order valence-electron chi connectivity index (χ1n) is 12.0. The third-order valence-corrected chi connectivity index (χ3v) is 8.59. The molecule has 2 aliphatic heterocycles. The number of ether oxygens (including phenoxy) is 2. The number of phosphoric ester groups is 2. The van der Waals surface area contributed by atoms with E-state index in [4.69, 9.17) is 14.0 Å². The summed E-state index contributed by atoms with van der Waals surface area (Å²) in [7, 11) is -11.2. The summed E-state index contributed by atoms with van der Waals surface area (Å²) in [4.78, 5) is 57.3. The van der Waals surface area contributed by atoms with Gasteiger partial charge in [-0.05, 0) is 6.42 Å². The minimum atomic E-state index is -5.64. The number of hydrogen-bond acceptors (Lipinski definition) is 15. The summed E-state index contributed by atoms with van der Waals surface area (Å²) >= 11 is 0. The molecule has 234 valence electrons. The lowest BCUT2D eigenvalue weighted by Gasteiger charge is -2.42. The van der Waals surface area contributed by atoms with Gasteiger partial charge in [0.2, 0.25) is 5.91 Å². The van der Waals surface area contributed by atoms with Crippen LogP contribution < -0.4 is 16.6 Å². The molecule has 3 heterocycles. The van der Waals surface area contributed by atoms with Gasteiger partial charge in [-0.1, -0.05) is 6.92 Å². The van der Waals surface area contributed by atoms with Crippen molar-refractivity contribution in [2.75, 3.05) is 13.2 Å². The van der Waals surface area contributed by atoms with Crippen molar-refractivity contribution in [1.82, 2.24) is 14.9 Å². The summed E-state index contributed by atoms with van der Waals surface area (Å²) in [5.74, 6) is -0.673. The number of nitrogens with zero attached hydrogens (tertiary/aromatic N) is 1. The van der Waals surface area contributed by atoms with Crippen LogP contribution in [-0.4, -0.2) is 113 Å². The molecule has 0 radical (unpaired) electrons. The third-order valence-electron chi connectivity index (χ3n) is 5.99. The van der Waals surface area contributed by atoms with Crippen molar-refractivity contribution in [2.24, 2.45) is 0 Å². The van der Waals surface area contributed by atoms with Crippen LogP contribution in [0, 0.1) is 0 Å². The Hall–Kier alpha value is -1.87. The Morgan fingerprint density at radius 3 is 2.32 bits per heavy atom. The lowest BCUT2D eigenvalue weighted by molar-refractivity contribution is -0.248. The molecule has 1 aromatic heterocycles. The van der Waals surface area contributed by atoms with Crippen molar-refractivity contribution in [1.29, 1.82) is 0 Å². The molecule has 3 rings (SSSR count). The van der Waals surface area contributed by atoms with Crippen molar-refractivity contribution in [3.8, 4) is 0 Å². The second-order valence-electron chi connectivity index (χ2n) is 9.03. The second kappa shape index (κ2) is 13.6. The van der Waals surface area contributed by atoms with Gasteiger partial charge in [0.1, 0.15) is 42.7 Å². The largest absolute Gasteiger partial charge is 0.483 e. The number of aromatic nitrogens is 2. The molecule has 2 saturated heterocycles. The van der Waals surface area contributed by atoms with Gasteiger partial charge in [-0.15, -0.1) is 0 Å². The number of phosphoric acid groups is 2. The Balaban J connectivity index is 1.66. The Kier molecular flexibility index (Phi) is 11.2. The molecule has 0 aromatic carbocycles. The van der Waals surface area contributed by atoms with Crippen LogP contribution in [0.4, 0.5) is 0 Å². The van der Waals surface area contributed by atoms with E-state index in [1.165, 1.54) is 0 Å². The molecule has 22 heteroatoms. The van der Waals surface area contributed by atoms with Gasteiger partial charge in [-0.2, -0.15) is 4.31 Å². The van der Waals surface area contributed by atoms with Crippen molar-refractivity contribution in [3.63, 3.8) is 0 Å². The SMILES string of the molecule is CCCC(=O)N[C@H]1[C@@H](OP(=O)(O)OP(=O)(O)OC[C@H]2O[C@@H](n3ccc(=O)[nH]c3=O)[C@H](O)[C@@H]2O)O[C@H](CO)[C@@H](O)[C@@H]1O. The van der Waals surface area contributed by atoms with Gasteiger partial charge in [0, 0.05) is 18.7 Å². The third kappa shape index (κ3) is 8.37. The van der Waals surface area contributed by atoms with E-state index < -0.39 is 101 Å². The van der Waals surface area contributed by atoms with Crippen LogP contribution >= 0.6 is 15.6 Å². The predicted molar refractivity (Wildman–Crippen MR) is 130 cm³/mol. The summed E-state index contributed by atoms with van der Waals surface area (Å²) in [5, 5.41) is 52.5. The van der Waals surface area contributed by atoms with Crippen LogP contribution in [0.15, 0.2) is 21.9 Å². The summed E-state index contributed by atoms with van der Waals surface area (Å²) < 4.78 is 49.7. The predicted octanol–water partition coefficient (Wildman–Crippen LogP) is -3.87. The quantitative estimate of drug-likeness (QED) is 0.0992. The summed E-state index contributed by atoms with van der Waals surface area (Å²) in [6.07, 6.45) is -12.7. The topological polar surface area (TPSA) is 306 Å². The molecule has 0 spiro atoms. The zero-order chi connectivity index (χ0) is 30.7. The molecule has 0 aliphatic carbocycles. The summed E-state index contributed by atoms with van der Waals surface area (Å²) in [6, 6.07) is -0.757.